The number of hydrogen-bond donors (Lipinski definition) is 1. The third kappa shape index (κ3) is 2.46. The number of hydrogen-bond acceptors (Lipinski definition) is 3. The predicted molar refractivity (Wildman–Crippen MR) is 62.6 cm³/mol. The van der Waals surface area contributed by atoms with Gasteiger partial charge in [0.1, 0.15) is 0 Å². The van der Waals surface area contributed by atoms with Crippen LogP contribution in [0.4, 0.5) is 0 Å². The highest BCUT2D eigenvalue weighted by molar-refractivity contribution is 7.10. The van der Waals surface area contributed by atoms with Crippen molar-refractivity contribution in [1.29, 1.82) is 0 Å². The lowest BCUT2D eigenvalue weighted by atomic mass is 10.0. The van der Waals surface area contributed by atoms with Gasteiger partial charge in [0, 0.05) is 23.2 Å². The van der Waals surface area contributed by atoms with Crippen LogP contribution in [0, 0.1) is 0 Å². The van der Waals surface area contributed by atoms with E-state index in [9.17, 15) is 9.90 Å². The number of thiophene rings is 1. The molecule has 3 nitrogen and oxygen atoms in total. The normalized spacial score (nSPS) is 12.2. The molecule has 0 saturated carbocycles. The van der Waals surface area contributed by atoms with Crippen LogP contribution >= 0.6 is 11.3 Å². The average Bonchev–Trinajstić information content (AvgIpc) is 2.80. The van der Waals surface area contributed by atoms with Crippen LogP contribution in [-0.2, 0) is 11.2 Å². The van der Waals surface area contributed by atoms with E-state index in [1.807, 2.05) is 35.7 Å². The second kappa shape index (κ2) is 4.90. The summed E-state index contributed by atoms with van der Waals surface area (Å²) < 4.78 is 0. The van der Waals surface area contributed by atoms with Gasteiger partial charge >= 0.3 is 5.97 Å². The van der Waals surface area contributed by atoms with Crippen LogP contribution in [0.2, 0.25) is 0 Å². The lowest BCUT2D eigenvalue weighted by molar-refractivity contribution is -0.138. The first-order chi connectivity index (χ1) is 7.77. The fourth-order valence-electron chi connectivity index (χ4n) is 1.53. The monoisotopic (exact) mass is 233 g/mol. The van der Waals surface area contributed by atoms with Gasteiger partial charge in [-0.1, -0.05) is 12.1 Å². The van der Waals surface area contributed by atoms with E-state index in [0.717, 1.165) is 10.6 Å². The van der Waals surface area contributed by atoms with Crippen LogP contribution in [0.3, 0.4) is 0 Å². The Balaban J connectivity index is 2.19. The molecule has 1 atom stereocenters. The maximum Gasteiger partial charge on any atom is 0.312 e. The molecule has 0 spiro atoms. The smallest absolute Gasteiger partial charge is 0.312 e. The molecule has 16 heavy (non-hydrogen) atoms. The van der Waals surface area contributed by atoms with E-state index in [0.29, 0.717) is 6.42 Å². The standard InChI is InChI=1S/C12H11NO2S/c14-12(15)10(11-5-3-7-16-11)8-9-4-1-2-6-13-9/h1-7,10H,8H2,(H,14,15). The Bertz CT molecular complexity index is 453. The Morgan fingerprint density at radius 1 is 1.38 bits per heavy atom. The minimum Gasteiger partial charge on any atom is -0.481 e. The topological polar surface area (TPSA) is 50.2 Å². The van der Waals surface area contributed by atoms with Crippen LogP contribution in [-0.4, -0.2) is 16.1 Å². The molecule has 0 amide bonds. The number of pyridine rings is 1. The molecule has 0 radical (unpaired) electrons. The summed E-state index contributed by atoms with van der Waals surface area (Å²) in [5.41, 5.74) is 0.809. The zero-order chi connectivity index (χ0) is 11.4. The number of carbonyl (C=O) groups is 1. The fraction of sp³-hybridized carbons (Fsp3) is 0.167. The van der Waals surface area contributed by atoms with Gasteiger partial charge in [0.05, 0.1) is 5.92 Å². The summed E-state index contributed by atoms with van der Waals surface area (Å²) in [6.45, 7) is 0. The Hall–Kier alpha value is -1.68. The molecular formula is C12H11NO2S. The second-order valence-corrected chi connectivity index (χ2v) is 4.41. The van der Waals surface area contributed by atoms with E-state index in [-0.39, 0.29) is 0 Å². The molecule has 82 valence electrons. The van der Waals surface area contributed by atoms with E-state index in [1.165, 1.54) is 11.3 Å². The van der Waals surface area contributed by atoms with Crippen molar-refractivity contribution < 1.29 is 9.90 Å². The Morgan fingerprint density at radius 3 is 2.81 bits per heavy atom. The van der Waals surface area contributed by atoms with Crippen molar-refractivity contribution in [2.45, 2.75) is 12.3 Å². The zero-order valence-corrected chi connectivity index (χ0v) is 9.35. The van der Waals surface area contributed by atoms with Gasteiger partial charge in [-0.05, 0) is 23.6 Å². The van der Waals surface area contributed by atoms with E-state index in [1.54, 1.807) is 6.20 Å². The molecule has 1 N–H and O–H groups in total. The van der Waals surface area contributed by atoms with Gasteiger partial charge in [-0.25, -0.2) is 0 Å². The van der Waals surface area contributed by atoms with Crippen molar-refractivity contribution in [2.75, 3.05) is 0 Å². The highest BCUT2D eigenvalue weighted by Gasteiger charge is 2.21. The van der Waals surface area contributed by atoms with E-state index >= 15 is 0 Å². The van der Waals surface area contributed by atoms with Crippen LogP contribution in [0.25, 0.3) is 0 Å². The summed E-state index contributed by atoms with van der Waals surface area (Å²) in [6, 6.07) is 9.27. The number of nitrogens with zero attached hydrogens (tertiary/aromatic N) is 1. The maximum absolute atomic E-state index is 11.2. The van der Waals surface area contributed by atoms with Crippen LogP contribution in [0.15, 0.2) is 41.9 Å². The first kappa shape index (κ1) is 10.8. The van der Waals surface area contributed by atoms with Crippen molar-refractivity contribution in [3.05, 3.63) is 52.5 Å². The Labute approximate surface area is 97.4 Å². The number of rotatable bonds is 4. The van der Waals surface area contributed by atoms with Crippen molar-refractivity contribution in [3.63, 3.8) is 0 Å². The summed E-state index contributed by atoms with van der Waals surface area (Å²) in [4.78, 5) is 16.2. The molecule has 0 aromatic carbocycles. The lowest BCUT2D eigenvalue weighted by Gasteiger charge is -2.09. The molecule has 2 aromatic rings. The van der Waals surface area contributed by atoms with Gasteiger partial charge in [0.2, 0.25) is 0 Å². The molecule has 0 aliphatic heterocycles. The first-order valence-corrected chi connectivity index (χ1v) is 5.81. The van der Waals surface area contributed by atoms with Gasteiger partial charge in [0.15, 0.2) is 0 Å². The highest BCUT2D eigenvalue weighted by Crippen LogP contribution is 2.24. The van der Waals surface area contributed by atoms with Crippen LogP contribution < -0.4 is 0 Å². The van der Waals surface area contributed by atoms with Crippen molar-refractivity contribution in [3.8, 4) is 0 Å². The van der Waals surface area contributed by atoms with Crippen molar-refractivity contribution in [2.24, 2.45) is 0 Å². The molecule has 0 bridgehead atoms. The maximum atomic E-state index is 11.2. The van der Waals surface area contributed by atoms with Crippen LogP contribution in [0.1, 0.15) is 16.5 Å². The summed E-state index contributed by atoms with van der Waals surface area (Å²) in [6.07, 6.45) is 2.12. The number of carboxylic acids is 1. The SMILES string of the molecule is O=C(O)C(Cc1ccccn1)c1cccs1. The zero-order valence-electron chi connectivity index (χ0n) is 8.54. The molecule has 0 aliphatic carbocycles. The molecule has 1 unspecified atom stereocenters. The van der Waals surface area contributed by atoms with E-state index < -0.39 is 11.9 Å². The van der Waals surface area contributed by atoms with E-state index in [4.69, 9.17) is 0 Å². The highest BCUT2D eigenvalue weighted by atomic mass is 32.1. The summed E-state index contributed by atoms with van der Waals surface area (Å²) in [5.74, 6) is -1.29. The fourth-order valence-corrected chi connectivity index (χ4v) is 2.35. The lowest BCUT2D eigenvalue weighted by Crippen LogP contribution is -2.13. The number of carboxylic acid groups (broad SMARTS) is 1. The Kier molecular flexibility index (Phi) is 3.31. The molecule has 0 saturated heterocycles. The third-order valence-corrected chi connectivity index (χ3v) is 3.31. The van der Waals surface area contributed by atoms with Crippen LogP contribution in [0.5, 0.6) is 0 Å². The third-order valence-electron chi connectivity index (χ3n) is 2.32. The van der Waals surface area contributed by atoms with Gasteiger partial charge < -0.3 is 5.11 Å². The molecule has 4 heteroatoms. The molecular weight excluding hydrogens is 222 g/mol. The molecule has 0 aliphatic rings. The van der Waals surface area contributed by atoms with Crippen molar-refractivity contribution >= 4 is 17.3 Å². The van der Waals surface area contributed by atoms with Gasteiger partial charge in [-0.15, -0.1) is 11.3 Å². The van der Waals surface area contributed by atoms with Gasteiger partial charge in [-0.3, -0.25) is 9.78 Å². The predicted octanol–water partition coefficient (Wildman–Crippen LogP) is 2.55. The summed E-state index contributed by atoms with van der Waals surface area (Å²) in [5, 5.41) is 11.1. The number of aliphatic carboxylic acids is 1. The quantitative estimate of drug-likeness (QED) is 0.882. The molecule has 0 fully saturated rings. The van der Waals surface area contributed by atoms with E-state index in [2.05, 4.69) is 4.98 Å². The molecule has 2 aromatic heterocycles. The second-order valence-electron chi connectivity index (χ2n) is 3.43. The minimum atomic E-state index is -0.798. The summed E-state index contributed by atoms with van der Waals surface area (Å²) in [7, 11) is 0. The van der Waals surface area contributed by atoms with Gasteiger partial charge in [0.25, 0.3) is 0 Å². The minimum absolute atomic E-state index is 0.441. The molecule has 2 rings (SSSR count). The van der Waals surface area contributed by atoms with Gasteiger partial charge in [-0.2, -0.15) is 0 Å². The van der Waals surface area contributed by atoms with Crippen molar-refractivity contribution in [1.82, 2.24) is 4.98 Å². The number of aromatic nitrogens is 1. The Morgan fingerprint density at radius 2 is 2.25 bits per heavy atom. The average molecular weight is 233 g/mol. The molecule has 2 heterocycles. The first-order valence-electron chi connectivity index (χ1n) is 4.93. The summed E-state index contributed by atoms with van der Waals surface area (Å²) >= 11 is 1.47. The largest absolute Gasteiger partial charge is 0.481 e.